The van der Waals surface area contributed by atoms with Gasteiger partial charge in [-0.15, -0.1) is 0 Å². The van der Waals surface area contributed by atoms with E-state index in [-0.39, 0.29) is 24.0 Å². The molecule has 0 radical (unpaired) electrons. The van der Waals surface area contributed by atoms with Crippen molar-refractivity contribution in [2.45, 2.75) is 78.4 Å². The lowest BCUT2D eigenvalue weighted by atomic mass is 9.99. The van der Waals surface area contributed by atoms with Crippen molar-refractivity contribution in [1.29, 1.82) is 0 Å². The standard InChI is InChI=1S/C16H25NO4/c1-7-12-8-9(2)20-15(21-12)16(5,6)17-13(18)10(3)11(4)14(17)19/h9,12,15H,7-8H2,1-6H3. The predicted molar refractivity (Wildman–Crippen MR) is 78.4 cm³/mol. The minimum Gasteiger partial charge on any atom is -0.347 e. The molecule has 2 heterocycles. The van der Waals surface area contributed by atoms with E-state index in [1.54, 1.807) is 13.8 Å². The molecule has 2 rings (SSSR count). The lowest BCUT2D eigenvalue weighted by molar-refractivity contribution is -0.276. The van der Waals surface area contributed by atoms with Gasteiger partial charge in [-0.2, -0.15) is 0 Å². The SMILES string of the molecule is CCC1CC(C)OC(C(C)(C)N2C(=O)C(C)=C(C)C2=O)O1. The van der Waals surface area contributed by atoms with Crippen molar-refractivity contribution in [3.63, 3.8) is 0 Å². The van der Waals surface area contributed by atoms with Crippen LogP contribution in [0, 0.1) is 0 Å². The fraction of sp³-hybridized carbons (Fsp3) is 0.750. The van der Waals surface area contributed by atoms with Crippen LogP contribution in [0.25, 0.3) is 0 Å². The van der Waals surface area contributed by atoms with Gasteiger partial charge in [0.2, 0.25) is 0 Å². The summed E-state index contributed by atoms with van der Waals surface area (Å²) in [4.78, 5) is 26.1. The van der Waals surface area contributed by atoms with E-state index >= 15 is 0 Å². The molecule has 0 N–H and O–H groups in total. The highest BCUT2D eigenvalue weighted by atomic mass is 16.7. The molecule has 0 spiro atoms. The minimum absolute atomic E-state index is 0.0518. The van der Waals surface area contributed by atoms with Crippen molar-refractivity contribution in [3.8, 4) is 0 Å². The number of amides is 2. The Hall–Kier alpha value is -1.20. The highest BCUT2D eigenvalue weighted by Crippen LogP contribution is 2.35. The zero-order valence-electron chi connectivity index (χ0n) is 13.7. The van der Waals surface area contributed by atoms with Crippen molar-refractivity contribution < 1.29 is 19.1 Å². The lowest BCUT2D eigenvalue weighted by Crippen LogP contribution is -2.60. The molecule has 0 aromatic rings. The van der Waals surface area contributed by atoms with E-state index in [2.05, 4.69) is 6.92 Å². The molecular weight excluding hydrogens is 270 g/mol. The van der Waals surface area contributed by atoms with Gasteiger partial charge in [0.25, 0.3) is 11.8 Å². The third-order valence-electron chi connectivity index (χ3n) is 4.49. The molecule has 3 unspecified atom stereocenters. The summed E-state index contributed by atoms with van der Waals surface area (Å²) in [5.74, 6) is -0.498. The van der Waals surface area contributed by atoms with Crippen LogP contribution in [-0.4, -0.2) is 40.8 Å². The molecule has 2 amide bonds. The third-order valence-corrected chi connectivity index (χ3v) is 4.49. The summed E-state index contributed by atoms with van der Waals surface area (Å²) in [6, 6.07) is 0. The topological polar surface area (TPSA) is 55.8 Å². The Morgan fingerprint density at radius 1 is 1.14 bits per heavy atom. The average molecular weight is 295 g/mol. The van der Waals surface area contributed by atoms with E-state index in [4.69, 9.17) is 9.47 Å². The highest BCUT2D eigenvalue weighted by Gasteiger charge is 2.50. The maximum atomic E-state index is 12.4. The van der Waals surface area contributed by atoms with Gasteiger partial charge >= 0.3 is 0 Å². The number of carbonyl (C=O) groups excluding carboxylic acids is 2. The Kier molecular flexibility index (Phi) is 4.26. The molecule has 3 atom stereocenters. The van der Waals surface area contributed by atoms with E-state index in [9.17, 15) is 9.59 Å². The molecule has 5 nitrogen and oxygen atoms in total. The second-order valence-corrected chi connectivity index (χ2v) is 6.53. The molecule has 1 fully saturated rings. The first kappa shape index (κ1) is 16.2. The summed E-state index contributed by atoms with van der Waals surface area (Å²) < 4.78 is 11.8. The molecule has 0 bridgehead atoms. The quantitative estimate of drug-likeness (QED) is 0.750. The molecule has 0 saturated carbocycles. The fourth-order valence-corrected chi connectivity index (χ4v) is 2.87. The monoisotopic (exact) mass is 295 g/mol. The first-order valence-electron chi connectivity index (χ1n) is 7.57. The summed E-state index contributed by atoms with van der Waals surface area (Å²) in [6.45, 7) is 11.1. The van der Waals surface area contributed by atoms with Gasteiger partial charge in [-0.05, 0) is 47.5 Å². The van der Waals surface area contributed by atoms with Gasteiger partial charge < -0.3 is 9.47 Å². The van der Waals surface area contributed by atoms with Gasteiger partial charge in [0.15, 0.2) is 6.29 Å². The zero-order chi connectivity index (χ0) is 15.9. The molecule has 2 aliphatic heterocycles. The van der Waals surface area contributed by atoms with E-state index in [1.807, 2.05) is 20.8 Å². The molecule has 118 valence electrons. The number of ether oxygens (including phenoxy) is 2. The Labute approximate surface area is 126 Å². The fourth-order valence-electron chi connectivity index (χ4n) is 2.87. The molecule has 5 heteroatoms. The van der Waals surface area contributed by atoms with Gasteiger partial charge in [-0.3, -0.25) is 14.5 Å². The third kappa shape index (κ3) is 2.64. The first-order chi connectivity index (χ1) is 9.70. The first-order valence-corrected chi connectivity index (χ1v) is 7.57. The number of nitrogens with zero attached hydrogens (tertiary/aromatic N) is 1. The summed E-state index contributed by atoms with van der Waals surface area (Å²) in [5.41, 5.74) is 0.169. The smallest absolute Gasteiger partial charge is 0.257 e. The van der Waals surface area contributed by atoms with Crippen LogP contribution < -0.4 is 0 Å². The van der Waals surface area contributed by atoms with Gasteiger partial charge in [-0.25, -0.2) is 0 Å². The van der Waals surface area contributed by atoms with Crippen LogP contribution in [0.4, 0.5) is 0 Å². The van der Waals surface area contributed by atoms with Crippen molar-refractivity contribution in [3.05, 3.63) is 11.1 Å². The van der Waals surface area contributed by atoms with Crippen LogP contribution >= 0.6 is 0 Å². The van der Waals surface area contributed by atoms with Crippen molar-refractivity contribution in [2.75, 3.05) is 0 Å². The van der Waals surface area contributed by atoms with E-state index in [1.165, 1.54) is 4.90 Å². The van der Waals surface area contributed by atoms with E-state index < -0.39 is 11.8 Å². The van der Waals surface area contributed by atoms with Gasteiger partial charge in [-0.1, -0.05) is 6.92 Å². The summed E-state index contributed by atoms with van der Waals surface area (Å²) in [5, 5.41) is 0. The molecule has 0 aromatic carbocycles. The van der Waals surface area contributed by atoms with Gasteiger partial charge in [0.1, 0.15) is 0 Å². The molecular formula is C16H25NO4. The second-order valence-electron chi connectivity index (χ2n) is 6.53. The van der Waals surface area contributed by atoms with Crippen LogP contribution in [0.2, 0.25) is 0 Å². The lowest BCUT2D eigenvalue weighted by Gasteiger charge is -2.45. The van der Waals surface area contributed by atoms with Crippen molar-refractivity contribution in [1.82, 2.24) is 4.90 Å². The number of hydrogen-bond acceptors (Lipinski definition) is 4. The number of hydrogen-bond donors (Lipinski definition) is 0. The maximum absolute atomic E-state index is 12.4. The largest absolute Gasteiger partial charge is 0.347 e. The number of carbonyl (C=O) groups is 2. The highest BCUT2D eigenvalue weighted by molar-refractivity contribution is 6.19. The predicted octanol–water partition coefficient (Wildman–Crippen LogP) is 2.40. The Bertz CT molecular complexity index is 471. The summed E-state index contributed by atoms with van der Waals surface area (Å²) in [6.07, 6.45) is 1.27. The van der Waals surface area contributed by atoms with E-state index in [0.29, 0.717) is 11.1 Å². The van der Waals surface area contributed by atoms with Crippen molar-refractivity contribution in [2.24, 2.45) is 0 Å². The van der Waals surface area contributed by atoms with Crippen LogP contribution in [0.5, 0.6) is 0 Å². The number of imide groups is 1. The minimum atomic E-state index is -0.838. The Morgan fingerprint density at radius 3 is 2.14 bits per heavy atom. The van der Waals surface area contributed by atoms with Crippen LogP contribution in [0.15, 0.2) is 11.1 Å². The Balaban J connectivity index is 2.26. The normalized spacial score (nSPS) is 31.3. The van der Waals surface area contributed by atoms with Crippen LogP contribution in [0.1, 0.15) is 54.4 Å². The molecule has 21 heavy (non-hydrogen) atoms. The molecule has 2 aliphatic rings. The second kappa shape index (κ2) is 5.54. The Morgan fingerprint density at radius 2 is 1.67 bits per heavy atom. The van der Waals surface area contributed by atoms with Gasteiger partial charge in [0, 0.05) is 11.1 Å². The molecule has 0 aliphatic carbocycles. The summed E-state index contributed by atoms with van der Waals surface area (Å²) in [7, 11) is 0. The van der Waals surface area contributed by atoms with Crippen LogP contribution in [0.3, 0.4) is 0 Å². The molecule has 1 saturated heterocycles. The van der Waals surface area contributed by atoms with Gasteiger partial charge in [0.05, 0.1) is 17.7 Å². The average Bonchev–Trinajstić information content (AvgIpc) is 2.62. The number of rotatable bonds is 3. The maximum Gasteiger partial charge on any atom is 0.257 e. The van der Waals surface area contributed by atoms with Crippen LogP contribution in [-0.2, 0) is 19.1 Å². The zero-order valence-corrected chi connectivity index (χ0v) is 13.7. The molecule has 0 aromatic heterocycles. The summed E-state index contributed by atoms with van der Waals surface area (Å²) >= 11 is 0. The van der Waals surface area contributed by atoms with E-state index in [0.717, 1.165) is 12.8 Å². The van der Waals surface area contributed by atoms with Crippen molar-refractivity contribution >= 4 is 11.8 Å².